The Balaban J connectivity index is 1.56. The molecule has 1 atom stereocenters. The maximum Gasteiger partial charge on any atom is 0.289 e. The van der Waals surface area contributed by atoms with Crippen LogP contribution in [0.4, 0.5) is 0 Å². The van der Waals surface area contributed by atoms with Gasteiger partial charge in [-0.25, -0.2) is 0 Å². The molecule has 3 aromatic rings. The fourth-order valence-corrected chi connectivity index (χ4v) is 3.15. The first-order chi connectivity index (χ1) is 10.8. The minimum atomic E-state index is -0.0274. The van der Waals surface area contributed by atoms with Crippen LogP contribution in [0.2, 0.25) is 0 Å². The molecule has 22 heavy (non-hydrogen) atoms. The number of fused-ring (bicyclic) bond motifs is 1. The fourth-order valence-electron chi connectivity index (χ4n) is 3.15. The first kappa shape index (κ1) is 13.1. The van der Waals surface area contributed by atoms with Gasteiger partial charge in [0.05, 0.1) is 0 Å². The lowest BCUT2D eigenvalue weighted by molar-refractivity contribution is 0.0676. The molecule has 0 radical (unpaired) electrons. The van der Waals surface area contributed by atoms with Crippen molar-refractivity contribution in [1.82, 2.24) is 15.1 Å². The number of aromatic nitrogens is 2. The number of carbonyl (C=O) groups is 1. The summed E-state index contributed by atoms with van der Waals surface area (Å²) in [7, 11) is 0. The van der Waals surface area contributed by atoms with Gasteiger partial charge in [0.15, 0.2) is 5.76 Å². The zero-order chi connectivity index (χ0) is 14.9. The third kappa shape index (κ3) is 2.28. The van der Waals surface area contributed by atoms with E-state index < -0.39 is 0 Å². The summed E-state index contributed by atoms with van der Waals surface area (Å²) in [5.74, 6) is 0.719. The molecule has 1 aliphatic rings. The molecule has 5 nitrogen and oxygen atoms in total. The molecule has 3 heterocycles. The van der Waals surface area contributed by atoms with Crippen molar-refractivity contribution in [3.05, 3.63) is 54.0 Å². The predicted molar refractivity (Wildman–Crippen MR) is 82.7 cm³/mol. The van der Waals surface area contributed by atoms with Crippen LogP contribution < -0.4 is 0 Å². The lowest BCUT2D eigenvalue weighted by Crippen LogP contribution is -2.39. The van der Waals surface area contributed by atoms with Gasteiger partial charge in [-0.1, -0.05) is 18.2 Å². The molecule has 1 aromatic carbocycles. The third-order valence-corrected chi connectivity index (χ3v) is 4.31. The van der Waals surface area contributed by atoms with Crippen LogP contribution in [0.5, 0.6) is 0 Å². The molecule has 1 aliphatic heterocycles. The number of nitrogens with zero attached hydrogens (tertiary/aromatic N) is 2. The number of likely N-dealkylation sites (tertiary alicyclic amines) is 1. The number of benzene rings is 1. The van der Waals surface area contributed by atoms with Crippen LogP contribution in [0.3, 0.4) is 0 Å². The van der Waals surface area contributed by atoms with Crippen molar-refractivity contribution in [1.29, 1.82) is 0 Å². The number of nitrogens with one attached hydrogen (secondary N) is 1. The van der Waals surface area contributed by atoms with Crippen LogP contribution in [0.25, 0.3) is 11.0 Å². The molecule has 1 N–H and O–H groups in total. The van der Waals surface area contributed by atoms with Gasteiger partial charge in [-0.2, -0.15) is 5.10 Å². The Kier molecular flexibility index (Phi) is 3.18. The molecule has 0 bridgehead atoms. The molecule has 0 aliphatic carbocycles. The van der Waals surface area contributed by atoms with E-state index in [0.717, 1.165) is 36.0 Å². The quantitative estimate of drug-likeness (QED) is 0.790. The minimum Gasteiger partial charge on any atom is -0.451 e. The zero-order valence-electron chi connectivity index (χ0n) is 12.2. The molecule has 4 rings (SSSR count). The Hall–Kier alpha value is -2.56. The first-order valence-electron chi connectivity index (χ1n) is 7.58. The summed E-state index contributed by atoms with van der Waals surface area (Å²) in [6.07, 6.45) is 3.83. The minimum absolute atomic E-state index is 0.0274. The lowest BCUT2D eigenvalue weighted by atomic mass is 9.95. The number of para-hydroxylation sites is 1. The van der Waals surface area contributed by atoms with Gasteiger partial charge in [-0.3, -0.25) is 9.89 Å². The molecule has 1 saturated heterocycles. The number of amides is 1. The van der Waals surface area contributed by atoms with Crippen molar-refractivity contribution in [2.45, 2.75) is 18.8 Å². The van der Waals surface area contributed by atoms with Crippen LogP contribution in [-0.2, 0) is 0 Å². The fraction of sp³-hybridized carbons (Fsp3) is 0.294. The molecular weight excluding hydrogens is 278 g/mol. The van der Waals surface area contributed by atoms with Gasteiger partial charge < -0.3 is 9.32 Å². The van der Waals surface area contributed by atoms with Gasteiger partial charge >= 0.3 is 0 Å². The standard InChI is InChI=1S/C17H17N3O2/c21-17(16-10-12-4-1-2-6-15(12)22-16)20-9-3-5-13(11-20)14-7-8-18-19-14/h1-2,4,6-8,10,13H,3,5,9,11H2,(H,18,19). The summed E-state index contributed by atoms with van der Waals surface area (Å²) >= 11 is 0. The Morgan fingerprint density at radius 3 is 3.05 bits per heavy atom. The predicted octanol–water partition coefficient (Wildman–Crippen LogP) is 3.18. The number of rotatable bonds is 2. The van der Waals surface area contributed by atoms with E-state index in [-0.39, 0.29) is 5.91 Å². The lowest BCUT2D eigenvalue weighted by Gasteiger charge is -2.31. The highest BCUT2D eigenvalue weighted by atomic mass is 16.3. The van der Waals surface area contributed by atoms with Crippen LogP contribution in [-0.4, -0.2) is 34.1 Å². The SMILES string of the molecule is O=C(c1cc2ccccc2o1)N1CCCC(c2ccn[nH]2)C1. The highest BCUT2D eigenvalue weighted by Crippen LogP contribution is 2.27. The van der Waals surface area contributed by atoms with Gasteiger partial charge in [-0.05, 0) is 31.0 Å². The summed E-state index contributed by atoms with van der Waals surface area (Å²) in [5.41, 5.74) is 1.86. The number of piperidine rings is 1. The molecule has 1 amide bonds. The van der Waals surface area contributed by atoms with Crippen LogP contribution in [0.15, 0.2) is 47.0 Å². The van der Waals surface area contributed by atoms with Gasteiger partial charge in [0.1, 0.15) is 5.58 Å². The Morgan fingerprint density at radius 1 is 1.32 bits per heavy atom. The van der Waals surface area contributed by atoms with E-state index in [1.54, 1.807) is 6.20 Å². The van der Waals surface area contributed by atoms with Crippen molar-refractivity contribution in [2.75, 3.05) is 13.1 Å². The topological polar surface area (TPSA) is 62.1 Å². The molecule has 2 aromatic heterocycles. The van der Waals surface area contributed by atoms with E-state index in [9.17, 15) is 4.79 Å². The van der Waals surface area contributed by atoms with Crippen LogP contribution in [0.1, 0.15) is 35.0 Å². The number of aromatic amines is 1. The molecular formula is C17H17N3O2. The Bertz CT molecular complexity index is 758. The molecule has 1 fully saturated rings. The molecule has 0 spiro atoms. The first-order valence-corrected chi connectivity index (χ1v) is 7.58. The number of hydrogen-bond donors (Lipinski definition) is 1. The van der Waals surface area contributed by atoms with E-state index in [1.807, 2.05) is 41.3 Å². The second-order valence-electron chi connectivity index (χ2n) is 5.75. The average Bonchev–Trinajstić information content (AvgIpc) is 3.23. The summed E-state index contributed by atoms with van der Waals surface area (Å²) in [4.78, 5) is 14.6. The van der Waals surface area contributed by atoms with E-state index >= 15 is 0 Å². The van der Waals surface area contributed by atoms with Crippen molar-refractivity contribution < 1.29 is 9.21 Å². The zero-order valence-corrected chi connectivity index (χ0v) is 12.2. The highest BCUT2D eigenvalue weighted by Gasteiger charge is 2.27. The molecule has 112 valence electrons. The van der Waals surface area contributed by atoms with Gasteiger partial charge in [0, 0.05) is 36.3 Å². The van der Waals surface area contributed by atoms with Gasteiger partial charge in [-0.15, -0.1) is 0 Å². The van der Waals surface area contributed by atoms with Crippen LogP contribution >= 0.6 is 0 Å². The van der Waals surface area contributed by atoms with Crippen molar-refractivity contribution >= 4 is 16.9 Å². The summed E-state index contributed by atoms with van der Waals surface area (Å²) in [5, 5.41) is 7.99. The Morgan fingerprint density at radius 2 is 2.23 bits per heavy atom. The molecule has 0 saturated carbocycles. The number of furan rings is 1. The van der Waals surface area contributed by atoms with Crippen LogP contribution in [0, 0.1) is 0 Å². The second kappa shape index (κ2) is 5.33. The maximum atomic E-state index is 12.7. The van der Waals surface area contributed by atoms with Gasteiger partial charge in [0.25, 0.3) is 5.91 Å². The summed E-state index contributed by atoms with van der Waals surface area (Å²) < 4.78 is 5.70. The Labute approximate surface area is 127 Å². The van der Waals surface area contributed by atoms with E-state index in [2.05, 4.69) is 10.2 Å². The largest absolute Gasteiger partial charge is 0.451 e. The highest BCUT2D eigenvalue weighted by molar-refractivity contribution is 5.96. The molecule has 5 heteroatoms. The summed E-state index contributed by atoms with van der Waals surface area (Å²) in [6, 6.07) is 11.5. The number of carbonyl (C=O) groups excluding carboxylic acids is 1. The smallest absolute Gasteiger partial charge is 0.289 e. The summed E-state index contributed by atoms with van der Waals surface area (Å²) in [6.45, 7) is 1.48. The maximum absolute atomic E-state index is 12.7. The van der Waals surface area contributed by atoms with E-state index in [4.69, 9.17) is 4.42 Å². The second-order valence-corrected chi connectivity index (χ2v) is 5.75. The van der Waals surface area contributed by atoms with Gasteiger partial charge in [0.2, 0.25) is 0 Å². The van der Waals surface area contributed by atoms with E-state index in [1.165, 1.54) is 0 Å². The molecule has 1 unspecified atom stereocenters. The number of hydrogen-bond acceptors (Lipinski definition) is 3. The van der Waals surface area contributed by atoms with Crippen molar-refractivity contribution in [3.63, 3.8) is 0 Å². The third-order valence-electron chi connectivity index (χ3n) is 4.31. The average molecular weight is 295 g/mol. The number of H-pyrrole nitrogens is 1. The normalized spacial score (nSPS) is 18.7. The van der Waals surface area contributed by atoms with E-state index in [0.29, 0.717) is 18.2 Å². The monoisotopic (exact) mass is 295 g/mol. The van der Waals surface area contributed by atoms with Crippen molar-refractivity contribution in [3.8, 4) is 0 Å². The van der Waals surface area contributed by atoms with Crippen molar-refractivity contribution in [2.24, 2.45) is 0 Å².